The first-order valence-corrected chi connectivity index (χ1v) is 13.3. The molecular weight excluding hydrogens is 711 g/mol. The largest absolute Gasteiger partial charge is 3.00 e. The zero-order chi connectivity index (χ0) is 27.6. The molecule has 7 rings (SSSR count). The summed E-state index contributed by atoms with van der Waals surface area (Å²) < 4.78 is 0. The number of benzene rings is 4. The van der Waals surface area contributed by atoms with Crippen LogP contribution in [-0.2, 0) is 24.9 Å². The number of carboxylic acids is 1. The molecule has 6 aromatic rings. The Kier molecular flexibility index (Phi) is 14.1. The molecule has 0 amide bonds. The number of hydrogen-bond donors (Lipinski definition) is 2. The van der Waals surface area contributed by atoms with Crippen LogP contribution in [0.1, 0.15) is 12.8 Å². The van der Waals surface area contributed by atoms with E-state index in [0.29, 0.717) is 0 Å². The summed E-state index contributed by atoms with van der Waals surface area (Å²) in [5.74, 6) is -0.720. The van der Waals surface area contributed by atoms with Gasteiger partial charge in [0.1, 0.15) is 6.04 Å². The normalized spacial score (nSPS) is 13.1. The van der Waals surface area contributed by atoms with Crippen molar-refractivity contribution in [2.75, 3.05) is 6.54 Å². The maximum atomic E-state index is 10.1. The number of carbonyl (C=O) groups is 1. The molecule has 2 N–H and O–H groups in total. The third-order valence-electron chi connectivity index (χ3n) is 6.53. The van der Waals surface area contributed by atoms with Gasteiger partial charge in [-0.15, -0.1) is 71.8 Å². The fourth-order valence-corrected chi connectivity index (χ4v) is 4.43. The molecule has 1 unspecified atom stereocenters. The third-order valence-corrected chi connectivity index (χ3v) is 6.53. The summed E-state index contributed by atoms with van der Waals surface area (Å²) in [4.78, 5) is 19.4. The van der Waals surface area contributed by atoms with E-state index in [1.807, 2.05) is 97.1 Å². The van der Waals surface area contributed by atoms with Gasteiger partial charge in [0, 0.05) is 14.9 Å². The number of fused-ring (bicyclic) bond motifs is 2. The van der Waals surface area contributed by atoms with E-state index in [2.05, 4.69) is 51.7 Å². The molecule has 4 aromatic carbocycles. The average Bonchev–Trinajstić information content (AvgIpc) is 3.58. The van der Waals surface area contributed by atoms with Gasteiger partial charge in [-0.1, -0.05) is 60.7 Å². The van der Waals surface area contributed by atoms with Crippen molar-refractivity contribution in [1.29, 1.82) is 0 Å². The van der Waals surface area contributed by atoms with E-state index >= 15 is 0 Å². The number of nitrogens with one attached hydrogen (secondary N) is 1. The molecule has 1 aliphatic heterocycles. The van der Waals surface area contributed by atoms with Crippen LogP contribution in [0.3, 0.4) is 0 Å². The minimum absolute atomic E-state index is 0. The number of rotatable bonds is 3. The number of para-hydroxylation sites is 2. The van der Waals surface area contributed by atoms with Crippen LogP contribution in [-0.4, -0.2) is 33.6 Å². The topological polar surface area (TPSA) is 75.1 Å². The molecule has 3 heterocycles. The van der Waals surface area contributed by atoms with Crippen LogP contribution in [0.15, 0.2) is 121 Å². The molecule has 2 aromatic heterocycles. The molecule has 1 atom stereocenters. The van der Waals surface area contributed by atoms with Gasteiger partial charge >= 0.3 is 26.1 Å². The van der Waals surface area contributed by atoms with Crippen LogP contribution in [0.25, 0.3) is 44.3 Å². The second-order valence-electron chi connectivity index (χ2n) is 9.32. The van der Waals surface area contributed by atoms with Crippen molar-refractivity contribution in [2.45, 2.75) is 18.9 Å². The van der Waals surface area contributed by atoms with Crippen molar-refractivity contribution in [1.82, 2.24) is 15.3 Å². The van der Waals surface area contributed by atoms with E-state index in [1.165, 1.54) is 10.8 Å². The predicted octanol–water partition coefficient (Wildman–Crippen LogP) is 8.13. The molecule has 43 heavy (non-hydrogen) atoms. The number of nitrogens with zero attached hydrogens (tertiary/aromatic N) is 2. The predicted molar refractivity (Wildman–Crippen MR) is 174 cm³/mol. The Morgan fingerprint density at radius 2 is 1.14 bits per heavy atom. The molecule has 0 saturated carbocycles. The number of aliphatic carboxylic acids is 1. The van der Waals surface area contributed by atoms with Gasteiger partial charge in [-0.3, -0.25) is 14.8 Å². The number of aromatic nitrogens is 2. The van der Waals surface area contributed by atoms with Crippen LogP contribution < -0.4 is 5.32 Å². The van der Waals surface area contributed by atoms with Gasteiger partial charge in [0.2, 0.25) is 0 Å². The standard InChI is InChI=1S/2C15H10N.C5H9NO2.2CH3.Ir/c2*1-2-6-12(7-3-1)15-11-10-13-8-4-5-9-14(13)16-15;7-5(8)4-2-1-3-6-4;;;/h2*1-6,8-11H;4,6H,1-3H2,(H,7,8);2*1H3;/q2*-1;;2*+1;+3. The first-order chi connectivity index (χ1) is 19.7. The Balaban J connectivity index is 0.000000229. The van der Waals surface area contributed by atoms with Gasteiger partial charge in [0.25, 0.3) is 0 Å². The molecule has 0 aliphatic carbocycles. The maximum Gasteiger partial charge on any atom is 3.00 e. The summed E-state index contributed by atoms with van der Waals surface area (Å²) in [5, 5.41) is 13.5. The van der Waals surface area contributed by atoms with Gasteiger partial charge in [0.05, 0.1) is 11.0 Å². The van der Waals surface area contributed by atoms with Crippen LogP contribution >= 0.6 is 0 Å². The molecule has 0 bridgehead atoms. The van der Waals surface area contributed by atoms with Crippen molar-refractivity contribution < 1.29 is 30.0 Å². The van der Waals surface area contributed by atoms with Gasteiger partial charge in [-0.2, -0.15) is 0 Å². The molecular formula is C37H35IrN3O2+3. The van der Waals surface area contributed by atoms with Crippen LogP contribution in [0.4, 0.5) is 0 Å². The third kappa shape index (κ3) is 9.52. The van der Waals surface area contributed by atoms with E-state index < -0.39 is 5.97 Å². The smallest absolute Gasteiger partial charge is 0.480 e. The molecule has 0 radical (unpaired) electrons. The number of pyridine rings is 2. The second-order valence-corrected chi connectivity index (χ2v) is 9.32. The quantitative estimate of drug-likeness (QED) is 0.179. The monoisotopic (exact) mass is 746 g/mol. The van der Waals surface area contributed by atoms with E-state index in [1.54, 1.807) is 0 Å². The zero-order valence-electron chi connectivity index (χ0n) is 24.3. The Hall–Kier alpha value is -4.48. The molecule has 1 aliphatic rings. The van der Waals surface area contributed by atoms with Gasteiger partial charge in [0.15, 0.2) is 0 Å². The maximum absolute atomic E-state index is 10.1. The van der Waals surface area contributed by atoms with E-state index in [4.69, 9.17) is 5.11 Å². The van der Waals surface area contributed by atoms with Gasteiger partial charge < -0.3 is 10.4 Å². The van der Waals surface area contributed by atoms with Crippen LogP contribution in [0.5, 0.6) is 0 Å². The summed E-state index contributed by atoms with van der Waals surface area (Å²) in [6, 6.07) is 46.4. The Labute approximate surface area is 268 Å². The zero-order valence-corrected chi connectivity index (χ0v) is 26.7. The van der Waals surface area contributed by atoms with Crippen LogP contribution in [0, 0.1) is 27.0 Å². The van der Waals surface area contributed by atoms with E-state index in [9.17, 15) is 4.79 Å². The summed E-state index contributed by atoms with van der Waals surface area (Å²) in [6.07, 6.45) is 1.78. The molecule has 216 valence electrons. The van der Waals surface area contributed by atoms with Gasteiger partial charge in [-0.05, 0) is 53.7 Å². The van der Waals surface area contributed by atoms with E-state index in [0.717, 1.165) is 52.9 Å². The summed E-state index contributed by atoms with van der Waals surface area (Å²) >= 11 is 0. The molecule has 5 nitrogen and oxygen atoms in total. The van der Waals surface area contributed by atoms with Crippen molar-refractivity contribution in [3.63, 3.8) is 0 Å². The number of hydrogen-bond acceptors (Lipinski definition) is 4. The molecule has 1 fully saturated rings. The van der Waals surface area contributed by atoms with Crippen molar-refractivity contribution in [2.24, 2.45) is 0 Å². The minimum Gasteiger partial charge on any atom is -0.480 e. The minimum atomic E-state index is -0.720. The summed E-state index contributed by atoms with van der Waals surface area (Å²) in [6.45, 7) is 0.858. The van der Waals surface area contributed by atoms with Crippen molar-refractivity contribution in [3.05, 3.63) is 148 Å². The average molecular weight is 746 g/mol. The van der Waals surface area contributed by atoms with Crippen molar-refractivity contribution in [3.8, 4) is 22.5 Å². The molecule has 0 spiro atoms. The molecule has 6 heteroatoms. The first-order valence-electron chi connectivity index (χ1n) is 13.3. The van der Waals surface area contributed by atoms with Crippen molar-refractivity contribution >= 4 is 27.8 Å². The van der Waals surface area contributed by atoms with Crippen LogP contribution in [0.2, 0.25) is 0 Å². The Bertz CT molecular complexity index is 1570. The fourth-order valence-electron chi connectivity index (χ4n) is 4.43. The first kappa shape index (κ1) is 34.7. The van der Waals surface area contributed by atoms with Gasteiger partial charge in [-0.25, -0.2) is 0 Å². The second kappa shape index (κ2) is 17.5. The summed E-state index contributed by atoms with van der Waals surface area (Å²) in [5.41, 5.74) is 6.06. The Morgan fingerprint density at radius 3 is 1.51 bits per heavy atom. The van der Waals surface area contributed by atoms with E-state index in [-0.39, 0.29) is 41.0 Å². The summed E-state index contributed by atoms with van der Waals surface area (Å²) in [7, 11) is 0. The Morgan fingerprint density at radius 1 is 0.674 bits per heavy atom. The SMILES string of the molecule is O=C(O)C1CCCN1.[CH3+].[CH3+].[Ir+3].[c-]1ccccc1-c1ccc2ccccc2n1.[c-]1ccccc1-c1ccc2ccccc2n1. The number of carboxylic acid groups (broad SMARTS) is 1. The molecule has 1 saturated heterocycles. The fraction of sp³-hybridized carbons (Fsp3) is 0.108.